The monoisotopic (exact) mass is 362 g/mol. The van der Waals surface area contributed by atoms with Crippen molar-refractivity contribution in [1.82, 2.24) is 0 Å². The summed E-state index contributed by atoms with van der Waals surface area (Å²) in [7, 11) is 0. The van der Waals surface area contributed by atoms with E-state index in [9.17, 15) is 0 Å². The summed E-state index contributed by atoms with van der Waals surface area (Å²) < 4.78 is 0. The maximum atomic E-state index is 6.14. The molecule has 4 aromatic rings. The Hall–Kier alpha value is -3.52. The summed E-state index contributed by atoms with van der Waals surface area (Å²) in [5.41, 5.74) is 14.4. The lowest BCUT2D eigenvalue weighted by atomic mass is 9.98. The molecule has 2 nitrogen and oxygen atoms in total. The van der Waals surface area contributed by atoms with Crippen LogP contribution in [0.15, 0.2) is 103 Å². The van der Waals surface area contributed by atoms with Crippen LogP contribution in [0.25, 0.3) is 22.3 Å². The highest BCUT2D eigenvalue weighted by Crippen LogP contribution is 2.43. The third-order valence-electron chi connectivity index (χ3n) is 5.46. The Kier molecular flexibility index (Phi) is 4.10. The Bertz CT molecular complexity index is 1100. The molecule has 0 radical (unpaired) electrons. The number of nitrogen functional groups attached to an aromatic ring is 1. The van der Waals surface area contributed by atoms with Gasteiger partial charge in [0.25, 0.3) is 0 Å². The van der Waals surface area contributed by atoms with Gasteiger partial charge in [-0.25, -0.2) is 0 Å². The van der Waals surface area contributed by atoms with E-state index in [0.29, 0.717) is 6.04 Å². The molecule has 2 N–H and O–H groups in total. The molecule has 0 amide bonds. The fourth-order valence-electron chi connectivity index (χ4n) is 3.85. The minimum atomic E-state index is 0.410. The molecule has 1 aliphatic heterocycles. The van der Waals surface area contributed by atoms with E-state index in [1.54, 1.807) is 0 Å². The number of hydrogen-bond acceptors (Lipinski definition) is 2. The molecule has 5 rings (SSSR count). The van der Waals surface area contributed by atoms with Gasteiger partial charge in [-0.1, -0.05) is 84.9 Å². The zero-order valence-electron chi connectivity index (χ0n) is 15.6. The van der Waals surface area contributed by atoms with Crippen molar-refractivity contribution < 1.29 is 0 Å². The van der Waals surface area contributed by atoms with Gasteiger partial charge in [-0.2, -0.15) is 0 Å². The predicted octanol–water partition coefficient (Wildman–Crippen LogP) is 6.16. The molecule has 1 heterocycles. The smallest absolute Gasteiger partial charge is 0.0719 e. The first-order valence-electron chi connectivity index (χ1n) is 9.66. The second-order valence-electron chi connectivity index (χ2n) is 7.30. The van der Waals surface area contributed by atoms with Crippen LogP contribution in [0.3, 0.4) is 0 Å². The molecule has 1 saturated heterocycles. The normalized spacial score (nSPS) is 15.4. The van der Waals surface area contributed by atoms with Crippen molar-refractivity contribution in [2.24, 2.45) is 0 Å². The van der Waals surface area contributed by atoms with Crippen LogP contribution in [-0.2, 0) is 0 Å². The Morgan fingerprint density at radius 1 is 0.607 bits per heavy atom. The van der Waals surface area contributed by atoms with Crippen molar-refractivity contribution in [1.29, 1.82) is 0 Å². The van der Waals surface area contributed by atoms with Crippen molar-refractivity contribution in [2.75, 3.05) is 17.2 Å². The van der Waals surface area contributed by atoms with Gasteiger partial charge in [0, 0.05) is 6.54 Å². The van der Waals surface area contributed by atoms with Crippen LogP contribution in [0.5, 0.6) is 0 Å². The number of rotatable bonds is 4. The summed E-state index contributed by atoms with van der Waals surface area (Å²) in [6, 6.07) is 36.7. The molecule has 1 aliphatic rings. The van der Waals surface area contributed by atoms with Crippen LogP contribution in [0, 0.1) is 0 Å². The second kappa shape index (κ2) is 6.90. The van der Waals surface area contributed by atoms with Gasteiger partial charge in [0.05, 0.1) is 17.4 Å². The second-order valence-corrected chi connectivity index (χ2v) is 7.30. The van der Waals surface area contributed by atoms with Crippen molar-refractivity contribution in [3.05, 3.63) is 109 Å². The summed E-state index contributed by atoms with van der Waals surface area (Å²) in [5, 5.41) is 0. The minimum Gasteiger partial charge on any atom is -0.397 e. The summed E-state index contributed by atoms with van der Waals surface area (Å²) in [4.78, 5) is 2.35. The number of nitrogens with two attached hydrogens (primary N) is 1. The number of benzene rings is 4. The minimum absolute atomic E-state index is 0.410. The fraction of sp³-hybridized carbons (Fsp3) is 0.0769. The maximum absolute atomic E-state index is 6.14. The molecule has 0 bridgehead atoms. The lowest BCUT2D eigenvalue weighted by Crippen LogP contribution is -1.99. The largest absolute Gasteiger partial charge is 0.397 e. The summed E-state index contributed by atoms with van der Waals surface area (Å²) in [6.07, 6.45) is 0. The van der Waals surface area contributed by atoms with Crippen LogP contribution in [-0.4, -0.2) is 6.54 Å². The summed E-state index contributed by atoms with van der Waals surface area (Å²) in [5.74, 6) is 0. The van der Waals surface area contributed by atoms with Crippen molar-refractivity contribution in [3.8, 4) is 22.3 Å². The van der Waals surface area contributed by atoms with Gasteiger partial charge in [-0.15, -0.1) is 0 Å². The predicted molar refractivity (Wildman–Crippen MR) is 118 cm³/mol. The zero-order chi connectivity index (χ0) is 18.9. The average molecular weight is 362 g/mol. The zero-order valence-corrected chi connectivity index (χ0v) is 15.6. The van der Waals surface area contributed by atoms with E-state index in [-0.39, 0.29) is 0 Å². The molecule has 28 heavy (non-hydrogen) atoms. The standard InChI is InChI=1S/C26H22N2/c27-24-11-4-5-12-25(24)28-18-26(28)23-10-6-9-22(17-23)21-15-13-20(14-16-21)19-7-2-1-3-8-19/h1-17,26H,18,27H2. The maximum Gasteiger partial charge on any atom is 0.0719 e. The van der Waals surface area contributed by atoms with Gasteiger partial charge >= 0.3 is 0 Å². The number of hydrogen-bond donors (Lipinski definition) is 1. The third kappa shape index (κ3) is 3.14. The highest BCUT2D eigenvalue weighted by atomic mass is 15.3. The molecule has 0 saturated carbocycles. The van der Waals surface area contributed by atoms with Crippen LogP contribution in [0.2, 0.25) is 0 Å². The van der Waals surface area contributed by atoms with Gasteiger partial charge in [0.15, 0.2) is 0 Å². The topological polar surface area (TPSA) is 29.0 Å². The van der Waals surface area contributed by atoms with Crippen molar-refractivity contribution >= 4 is 11.4 Å². The van der Waals surface area contributed by atoms with E-state index in [1.165, 1.54) is 27.8 Å². The van der Waals surface area contributed by atoms with E-state index in [1.807, 2.05) is 24.3 Å². The quantitative estimate of drug-likeness (QED) is 0.348. The fourth-order valence-corrected chi connectivity index (χ4v) is 3.85. The number of anilines is 2. The summed E-state index contributed by atoms with van der Waals surface area (Å²) >= 11 is 0. The third-order valence-corrected chi connectivity index (χ3v) is 5.46. The Morgan fingerprint density at radius 3 is 1.96 bits per heavy atom. The first kappa shape index (κ1) is 16.6. The van der Waals surface area contributed by atoms with E-state index < -0.39 is 0 Å². The lowest BCUT2D eigenvalue weighted by molar-refractivity contribution is 1.13. The van der Waals surface area contributed by atoms with E-state index >= 15 is 0 Å². The molecular formula is C26H22N2. The van der Waals surface area contributed by atoms with E-state index in [0.717, 1.165) is 17.9 Å². The Balaban J connectivity index is 1.39. The van der Waals surface area contributed by atoms with Gasteiger partial charge in [0.2, 0.25) is 0 Å². The molecule has 4 aromatic carbocycles. The van der Waals surface area contributed by atoms with Crippen molar-refractivity contribution in [2.45, 2.75) is 6.04 Å². The molecule has 1 unspecified atom stereocenters. The highest BCUT2D eigenvalue weighted by Gasteiger charge is 2.36. The molecule has 136 valence electrons. The summed E-state index contributed by atoms with van der Waals surface area (Å²) in [6.45, 7) is 1.02. The Labute approximate surface area is 165 Å². The molecule has 2 heteroatoms. The SMILES string of the molecule is Nc1ccccc1N1CC1c1cccc(-c2ccc(-c3ccccc3)cc2)c1. The Morgan fingerprint density at radius 2 is 1.21 bits per heavy atom. The number of para-hydroxylation sites is 2. The molecule has 0 spiro atoms. The van der Waals surface area contributed by atoms with Gasteiger partial charge in [0.1, 0.15) is 0 Å². The first-order chi connectivity index (χ1) is 13.8. The molecule has 1 fully saturated rings. The first-order valence-corrected chi connectivity index (χ1v) is 9.66. The number of nitrogens with zero attached hydrogens (tertiary/aromatic N) is 1. The van der Waals surface area contributed by atoms with E-state index in [4.69, 9.17) is 5.73 Å². The van der Waals surface area contributed by atoms with Crippen LogP contribution in [0.4, 0.5) is 11.4 Å². The van der Waals surface area contributed by atoms with Crippen LogP contribution in [0.1, 0.15) is 11.6 Å². The average Bonchev–Trinajstić information content (AvgIpc) is 3.56. The molecular weight excluding hydrogens is 340 g/mol. The van der Waals surface area contributed by atoms with E-state index in [2.05, 4.69) is 83.8 Å². The lowest BCUT2D eigenvalue weighted by Gasteiger charge is -2.10. The molecule has 0 aliphatic carbocycles. The molecule has 1 atom stereocenters. The molecule has 0 aromatic heterocycles. The highest BCUT2D eigenvalue weighted by molar-refractivity contribution is 5.74. The van der Waals surface area contributed by atoms with Gasteiger partial charge in [-0.3, -0.25) is 0 Å². The van der Waals surface area contributed by atoms with Gasteiger partial charge < -0.3 is 10.6 Å². The van der Waals surface area contributed by atoms with Crippen LogP contribution >= 0.6 is 0 Å². The van der Waals surface area contributed by atoms with Crippen LogP contribution < -0.4 is 10.6 Å². The van der Waals surface area contributed by atoms with Crippen molar-refractivity contribution in [3.63, 3.8) is 0 Å². The van der Waals surface area contributed by atoms with Gasteiger partial charge in [-0.05, 0) is 46.0 Å².